The van der Waals surface area contributed by atoms with Crippen LogP contribution < -0.4 is 11.1 Å². The number of benzene rings is 1. The van der Waals surface area contributed by atoms with E-state index in [0.717, 1.165) is 25.1 Å². The predicted molar refractivity (Wildman–Crippen MR) is 101 cm³/mol. The Balaban J connectivity index is 1.97. The Bertz CT molecular complexity index is 942. The van der Waals surface area contributed by atoms with Crippen LogP contribution in [-0.2, 0) is 6.42 Å². The van der Waals surface area contributed by atoms with Gasteiger partial charge in [-0.3, -0.25) is 0 Å². The highest BCUT2D eigenvalue weighted by atomic mass is 16.4. The summed E-state index contributed by atoms with van der Waals surface area (Å²) in [4.78, 5) is 24.5. The minimum atomic E-state index is -0.945. The molecular weight excluding hydrogens is 330 g/mol. The number of hydrogen-bond acceptors (Lipinski definition) is 6. The number of carboxylic acid groups (broad SMARTS) is 1. The Morgan fingerprint density at radius 2 is 1.96 bits per heavy atom. The van der Waals surface area contributed by atoms with Crippen molar-refractivity contribution < 1.29 is 9.90 Å². The van der Waals surface area contributed by atoms with Crippen LogP contribution in [-0.4, -0.2) is 32.6 Å². The van der Waals surface area contributed by atoms with E-state index in [2.05, 4.69) is 27.2 Å². The number of nitrogens with two attached hydrogens (primary N) is 1. The monoisotopic (exact) mass is 351 g/mol. The summed E-state index contributed by atoms with van der Waals surface area (Å²) in [6.45, 7) is 2.89. The maximum absolute atomic E-state index is 11.4. The number of hydrogen-bond donors (Lipinski definition) is 3. The third kappa shape index (κ3) is 3.88. The summed E-state index contributed by atoms with van der Waals surface area (Å²) in [5.41, 5.74) is 8.83. The van der Waals surface area contributed by atoms with Gasteiger partial charge in [0, 0.05) is 18.7 Å². The Labute approximate surface area is 151 Å². The highest BCUT2D eigenvalue weighted by molar-refractivity contribution is 5.89. The van der Waals surface area contributed by atoms with Gasteiger partial charge in [0.25, 0.3) is 0 Å². The standard InChI is InChI=1S/C19H21N5O2/c1-2-3-10-21-17-16-15(23-19(20)24-17)9-8-13(22-16)11-12-6-4-5-7-14(12)18(25)26/h4-9H,2-3,10-11H2,1H3,(H,25,26)(H3,20,21,23,24). The van der Waals surface area contributed by atoms with Crippen molar-refractivity contribution in [1.29, 1.82) is 0 Å². The molecule has 7 nitrogen and oxygen atoms in total. The molecule has 0 aliphatic carbocycles. The SMILES string of the molecule is CCCCNc1nc(N)nc2ccc(Cc3ccccc3C(=O)O)nc12. The second-order valence-electron chi connectivity index (χ2n) is 6.02. The number of nitrogen functional groups attached to an aromatic ring is 1. The highest BCUT2D eigenvalue weighted by Gasteiger charge is 2.12. The van der Waals surface area contributed by atoms with Crippen LogP contribution in [0.3, 0.4) is 0 Å². The van der Waals surface area contributed by atoms with Gasteiger partial charge in [0.15, 0.2) is 5.82 Å². The van der Waals surface area contributed by atoms with E-state index in [9.17, 15) is 9.90 Å². The van der Waals surface area contributed by atoms with Crippen molar-refractivity contribution in [2.45, 2.75) is 26.2 Å². The zero-order valence-electron chi connectivity index (χ0n) is 14.6. The smallest absolute Gasteiger partial charge is 0.335 e. The Kier molecular flexibility index (Phi) is 5.26. The number of fused-ring (bicyclic) bond motifs is 1. The summed E-state index contributed by atoms with van der Waals surface area (Å²) in [7, 11) is 0. The quantitative estimate of drug-likeness (QED) is 0.560. The van der Waals surface area contributed by atoms with Gasteiger partial charge < -0.3 is 16.2 Å². The molecule has 2 heterocycles. The molecular formula is C19H21N5O2. The number of carbonyl (C=O) groups is 1. The zero-order valence-corrected chi connectivity index (χ0v) is 14.6. The lowest BCUT2D eigenvalue weighted by atomic mass is 10.0. The molecule has 0 fully saturated rings. The number of pyridine rings is 1. The lowest BCUT2D eigenvalue weighted by Gasteiger charge is -2.10. The number of unbranched alkanes of at least 4 members (excludes halogenated alkanes) is 1. The van der Waals surface area contributed by atoms with Crippen molar-refractivity contribution in [1.82, 2.24) is 15.0 Å². The molecule has 1 aromatic carbocycles. The number of aromatic nitrogens is 3. The van der Waals surface area contributed by atoms with E-state index in [1.165, 1.54) is 0 Å². The fourth-order valence-electron chi connectivity index (χ4n) is 2.76. The first-order valence-electron chi connectivity index (χ1n) is 8.56. The second-order valence-corrected chi connectivity index (χ2v) is 6.02. The molecule has 4 N–H and O–H groups in total. The third-order valence-electron chi connectivity index (χ3n) is 4.06. The van der Waals surface area contributed by atoms with Gasteiger partial charge in [0.05, 0.1) is 11.1 Å². The van der Waals surface area contributed by atoms with Crippen molar-refractivity contribution in [3.05, 3.63) is 53.2 Å². The molecule has 0 aliphatic heterocycles. The largest absolute Gasteiger partial charge is 0.478 e. The van der Waals surface area contributed by atoms with Crippen molar-refractivity contribution in [3.63, 3.8) is 0 Å². The van der Waals surface area contributed by atoms with Gasteiger partial charge in [-0.25, -0.2) is 14.8 Å². The van der Waals surface area contributed by atoms with Gasteiger partial charge in [0.1, 0.15) is 5.52 Å². The van der Waals surface area contributed by atoms with E-state index in [1.54, 1.807) is 18.2 Å². The number of carboxylic acids is 1. The Hall–Kier alpha value is -3.22. The fourth-order valence-corrected chi connectivity index (χ4v) is 2.76. The molecule has 3 rings (SSSR count). The zero-order chi connectivity index (χ0) is 18.5. The molecule has 0 unspecified atom stereocenters. The molecule has 26 heavy (non-hydrogen) atoms. The molecule has 7 heteroatoms. The van der Waals surface area contributed by atoms with E-state index < -0.39 is 5.97 Å². The van der Waals surface area contributed by atoms with Crippen molar-refractivity contribution >= 4 is 28.8 Å². The van der Waals surface area contributed by atoms with E-state index in [4.69, 9.17) is 5.73 Å². The minimum Gasteiger partial charge on any atom is -0.478 e. The molecule has 0 atom stereocenters. The van der Waals surface area contributed by atoms with Crippen LogP contribution in [0.4, 0.5) is 11.8 Å². The van der Waals surface area contributed by atoms with Crippen LogP contribution >= 0.6 is 0 Å². The van der Waals surface area contributed by atoms with Gasteiger partial charge in [-0.1, -0.05) is 31.5 Å². The predicted octanol–water partition coefficient (Wildman–Crippen LogP) is 3.11. The van der Waals surface area contributed by atoms with Gasteiger partial charge in [-0.15, -0.1) is 0 Å². The van der Waals surface area contributed by atoms with Crippen molar-refractivity contribution in [2.24, 2.45) is 0 Å². The highest BCUT2D eigenvalue weighted by Crippen LogP contribution is 2.21. The maximum atomic E-state index is 11.4. The average molecular weight is 351 g/mol. The summed E-state index contributed by atoms with van der Waals surface area (Å²) < 4.78 is 0. The average Bonchev–Trinajstić information content (AvgIpc) is 2.62. The summed E-state index contributed by atoms with van der Waals surface area (Å²) >= 11 is 0. The number of nitrogens with one attached hydrogen (secondary N) is 1. The molecule has 0 spiro atoms. The fraction of sp³-hybridized carbons (Fsp3) is 0.263. The minimum absolute atomic E-state index is 0.197. The number of aromatic carboxylic acids is 1. The first-order valence-corrected chi connectivity index (χ1v) is 8.56. The summed E-state index contributed by atoms with van der Waals surface area (Å²) in [6, 6.07) is 10.6. The van der Waals surface area contributed by atoms with Crippen LogP contribution in [0.25, 0.3) is 11.0 Å². The van der Waals surface area contributed by atoms with E-state index in [1.807, 2.05) is 18.2 Å². The summed E-state index contributed by atoms with van der Waals surface area (Å²) in [5, 5.41) is 12.6. The molecule has 2 aromatic heterocycles. The maximum Gasteiger partial charge on any atom is 0.335 e. The number of rotatable bonds is 7. The Morgan fingerprint density at radius 3 is 2.73 bits per heavy atom. The first-order chi connectivity index (χ1) is 12.6. The lowest BCUT2D eigenvalue weighted by Crippen LogP contribution is -2.08. The molecule has 134 valence electrons. The van der Waals surface area contributed by atoms with Crippen molar-refractivity contribution in [3.8, 4) is 0 Å². The molecule has 0 amide bonds. The van der Waals surface area contributed by atoms with Gasteiger partial charge in [-0.05, 0) is 30.2 Å². The van der Waals surface area contributed by atoms with Crippen molar-refractivity contribution in [2.75, 3.05) is 17.6 Å². The Morgan fingerprint density at radius 1 is 1.15 bits per heavy atom. The normalized spacial score (nSPS) is 10.8. The van der Waals surface area contributed by atoms with E-state index >= 15 is 0 Å². The second kappa shape index (κ2) is 7.77. The van der Waals surface area contributed by atoms with Crippen LogP contribution in [0.5, 0.6) is 0 Å². The van der Waals surface area contributed by atoms with Gasteiger partial charge in [0.2, 0.25) is 5.95 Å². The van der Waals surface area contributed by atoms with Crippen LogP contribution in [0.1, 0.15) is 41.4 Å². The topological polar surface area (TPSA) is 114 Å². The van der Waals surface area contributed by atoms with Crippen LogP contribution in [0.15, 0.2) is 36.4 Å². The summed E-state index contributed by atoms with van der Waals surface area (Å²) in [5.74, 6) is -0.143. The number of nitrogens with zero attached hydrogens (tertiary/aromatic N) is 3. The van der Waals surface area contributed by atoms with Gasteiger partial charge in [-0.2, -0.15) is 4.98 Å². The third-order valence-corrected chi connectivity index (χ3v) is 4.06. The van der Waals surface area contributed by atoms with E-state index in [0.29, 0.717) is 28.8 Å². The molecule has 0 saturated heterocycles. The first kappa shape index (κ1) is 17.6. The van der Waals surface area contributed by atoms with Crippen LogP contribution in [0, 0.1) is 0 Å². The van der Waals surface area contributed by atoms with Crippen LogP contribution in [0.2, 0.25) is 0 Å². The molecule has 0 aliphatic rings. The molecule has 0 radical (unpaired) electrons. The molecule has 0 bridgehead atoms. The van der Waals surface area contributed by atoms with Gasteiger partial charge >= 0.3 is 5.97 Å². The summed E-state index contributed by atoms with van der Waals surface area (Å²) in [6.07, 6.45) is 2.49. The molecule has 0 saturated carbocycles. The van der Waals surface area contributed by atoms with E-state index in [-0.39, 0.29) is 11.5 Å². The molecule has 3 aromatic rings. The number of anilines is 2. The lowest BCUT2D eigenvalue weighted by molar-refractivity contribution is 0.0696.